The van der Waals surface area contributed by atoms with Gasteiger partial charge in [0.1, 0.15) is 5.75 Å². The average molecular weight is 469 g/mol. The topological polar surface area (TPSA) is 59.1 Å². The highest BCUT2D eigenvalue weighted by molar-refractivity contribution is 8.27. The van der Waals surface area contributed by atoms with Gasteiger partial charge in [-0.3, -0.25) is 14.5 Å². The minimum absolute atomic E-state index is 0.00598. The summed E-state index contributed by atoms with van der Waals surface area (Å²) in [5, 5.41) is 0. The van der Waals surface area contributed by atoms with Crippen molar-refractivity contribution in [3.63, 3.8) is 0 Å². The fraction of sp³-hybridized carbons (Fsp3) is 0.292. The van der Waals surface area contributed by atoms with Crippen molar-refractivity contribution in [2.45, 2.75) is 13.8 Å². The maximum absolute atomic E-state index is 13.0. The highest BCUT2D eigenvalue weighted by Gasteiger charge is 2.33. The van der Waals surface area contributed by atoms with E-state index in [1.165, 1.54) is 17.3 Å². The molecule has 0 bridgehead atoms. The van der Waals surface area contributed by atoms with Crippen molar-refractivity contribution in [3.05, 3.63) is 64.1 Å². The summed E-state index contributed by atoms with van der Waals surface area (Å²) in [6.45, 7) is 6.38. The molecular weight excluding hydrogens is 444 g/mol. The summed E-state index contributed by atoms with van der Waals surface area (Å²) >= 11 is 6.76. The van der Waals surface area contributed by atoms with Gasteiger partial charge in [0.05, 0.1) is 23.8 Å². The Kier molecular flexibility index (Phi) is 6.93. The lowest BCUT2D eigenvalue weighted by Gasteiger charge is -2.26. The molecule has 0 unspecified atom stereocenters. The van der Waals surface area contributed by atoms with Crippen LogP contribution in [0.25, 0.3) is 6.08 Å². The fourth-order valence-electron chi connectivity index (χ4n) is 3.42. The highest BCUT2D eigenvalue weighted by atomic mass is 32.2. The molecule has 2 heterocycles. The van der Waals surface area contributed by atoms with E-state index in [9.17, 15) is 9.59 Å². The first-order valence-electron chi connectivity index (χ1n) is 10.4. The minimum Gasteiger partial charge on any atom is -0.484 e. The number of nitrogens with zero attached hydrogens (tertiary/aromatic N) is 2. The number of rotatable bonds is 5. The maximum atomic E-state index is 13.0. The number of ether oxygens (including phenoxy) is 2. The number of thiocarbonyl (C=S) groups is 1. The fourth-order valence-corrected chi connectivity index (χ4v) is 4.71. The number of anilines is 1. The summed E-state index contributed by atoms with van der Waals surface area (Å²) in [5.74, 6) is 0.429. The quantitative estimate of drug-likeness (QED) is 0.489. The zero-order valence-electron chi connectivity index (χ0n) is 18.0. The summed E-state index contributed by atoms with van der Waals surface area (Å²) in [7, 11) is 0. The monoisotopic (exact) mass is 468 g/mol. The van der Waals surface area contributed by atoms with Crippen LogP contribution < -0.4 is 9.64 Å². The Morgan fingerprint density at radius 2 is 1.84 bits per heavy atom. The summed E-state index contributed by atoms with van der Waals surface area (Å²) in [4.78, 5) is 29.1. The van der Waals surface area contributed by atoms with Crippen molar-refractivity contribution >= 4 is 51.9 Å². The molecule has 0 saturated carbocycles. The zero-order chi connectivity index (χ0) is 22.7. The molecule has 0 spiro atoms. The molecule has 0 aromatic heterocycles. The lowest BCUT2D eigenvalue weighted by atomic mass is 10.1. The molecule has 4 rings (SSSR count). The molecule has 0 radical (unpaired) electrons. The molecule has 2 aromatic carbocycles. The number of amides is 2. The van der Waals surface area contributed by atoms with Crippen LogP contribution in [0.15, 0.2) is 47.4 Å². The van der Waals surface area contributed by atoms with Crippen LogP contribution in [0.2, 0.25) is 0 Å². The predicted molar refractivity (Wildman–Crippen MR) is 131 cm³/mol. The third kappa shape index (κ3) is 5.03. The van der Waals surface area contributed by atoms with Crippen molar-refractivity contribution in [1.29, 1.82) is 0 Å². The molecule has 0 N–H and O–H groups in total. The molecule has 0 atom stereocenters. The van der Waals surface area contributed by atoms with Crippen LogP contribution in [0.3, 0.4) is 0 Å². The van der Waals surface area contributed by atoms with E-state index in [2.05, 4.69) is 0 Å². The summed E-state index contributed by atoms with van der Waals surface area (Å²) in [6, 6.07) is 13.2. The van der Waals surface area contributed by atoms with Gasteiger partial charge in [-0.15, -0.1) is 0 Å². The van der Waals surface area contributed by atoms with Crippen molar-refractivity contribution in [3.8, 4) is 5.75 Å². The van der Waals surface area contributed by atoms with Gasteiger partial charge in [0, 0.05) is 13.1 Å². The van der Waals surface area contributed by atoms with E-state index in [1.54, 1.807) is 21.9 Å². The molecule has 32 heavy (non-hydrogen) atoms. The molecule has 166 valence electrons. The van der Waals surface area contributed by atoms with Crippen LogP contribution >= 0.6 is 24.0 Å². The van der Waals surface area contributed by atoms with Crippen LogP contribution in [0.5, 0.6) is 5.75 Å². The van der Waals surface area contributed by atoms with E-state index < -0.39 is 0 Å². The average Bonchev–Trinajstić information content (AvgIpc) is 3.08. The SMILES string of the molecule is Cc1ccc(N2C(=O)C(=Cc3ccc(OCC(=O)N4CCOCC4)cc3)SC2=S)cc1C. The van der Waals surface area contributed by atoms with Crippen LogP contribution in [0.1, 0.15) is 16.7 Å². The number of hydrogen-bond donors (Lipinski definition) is 0. The molecule has 2 aliphatic rings. The van der Waals surface area contributed by atoms with E-state index in [1.807, 2.05) is 50.3 Å². The number of morpholine rings is 1. The van der Waals surface area contributed by atoms with Crippen molar-refractivity contribution in [2.75, 3.05) is 37.8 Å². The second-order valence-corrected chi connectivity index (χ2v) is 9.31. The number of benzene rings is 2. The molecule has 8 heteroatoms. The van der Waals surface area contributed by atoms with Crippen molar-refractivity contribution in [1.82, 2.24) is 4.90 Å². The van der Waals surface area contributed by atoms with Gasteiger partial charge >= 0.3 is 0 Å². The molecule has 6 nitrogen and oxygen atoms in total. The first-order valence-corrected chi connectivity index (χ1v) is 11.6. The molecule has 2 fully saturated rings. The third-order valence-electron chi connectivity index (χ3n) is 5.45. The molecule has 2 amide bonds. The Balaban J connectivity index is 1.40. The second-order valence-electron chi connectivity index (χ2n) is 7.64. The molecule has 2 aromatic rings. The highest BCUT2D eigenvalue weighted by Crippen LogP contribution is 2.36. The lowest BCUT2D eigenvalue weighted by Crippen LogP contribution is -2.42. The van der Waals surface area contributed by atoms with Crippen LogP contribution in [-0.2, 0) is 14.3 Å². The lowest BCUT2D eigenvalue weighted by molar-refractivity contribution is -0.137. The Hall–Kier alpha value is -2.68. The predicted octanol–water partition coefficient (Wildman–Crippen LogP) is 3.95. The Labute approximate surface area is 197 Å². The zero-order valence-corrected chi connectivity index (χ0v) is 19.6. The number of thioether (sulfide) groups is 1. The van der Waals surface area contributed by atoms with Gasteiger partial charge in [0.2, 0.25) is 0 Å². The first kappa shape index (κ1) is 22.5. The van der Waals surface area contributed by atoms with E-state index in [0.29, 0.717) is 41.3 Å². The Morgan fingerprint density at radius 3 is 2.53 bits per heavy atom. The molecule has 0 aliphatic carbocycles. The van der Waals surface area contributed by atoms with Crippen molar-refractivity contribution < 1.29 is 19.1 Å². The van der Waals surface area contributed by atoms with E-state index in [-0.39, 0.29) is 18.4 Å². The van der Waals surface area contributed by atoms with E-state index in [0.717, 1.165) is 16.8 Å². The summed E-state index contributed by atoms with van der Waals surface area (Å²) < 4.78 is 11.4. The molecule has 2 aliphatic heterocycles. The van der Waals surface area contributed by atoms with Gasteiger partial charge in [-0.25, -0.2) is 0 Å². The summed E-state index contributed by atoms with van der Waals surface area (Å²) in [6.07, 6.45) is 1.82. The van der Waals surface area contributed by atoms with Crippen molar-refractivity contribution in [2.24, 2.45) is 0 Å². The first-order chi connectivity index (χ1) is 15.4. The van der Waals surface area contributed by atoms with Gasteiger partial charge < -0.3 is 14.4 Å². The Morgan fingerprint density at radius 1 is 1.12 bits per heavy atom. The van der Waals surface area contributed by atoms with Gasteiger partial charge in [0.25, 0.3) is 11.8 Å². The normalized spacial score (nSPS) is 17.9. The van der Waals surface area contributed by atoms with Crippen LogP contribution in [0.4, 0.5) is 5.69 Å². The third-order valence-corrected chi connectivity index (χ3v) is 6.75. The maximum Gasteiger partial charge on any atom is 0.270 e. The number of aryl methyl sites for hydroxylation is 2. The second kappa shape index (κ2) is 9.85. The number of hydrogen-bond acceptors (Lipinski definition) is 6. The van der Waals surface area contributed by atoms with E-state index >= 15 is 0 Å². The van der Waals surface area contributed by atoms with Gasteiger partial charge in [0.15, 0.2) is 10.9 Å². The standard InChI is InChI=1S/C24H24N2O4S2/c1-16-3-6-19(13-17(16)2)26-23(28)21(32-24(26)31)14-18-4-7-20(8-5-18)30-15-22(27)25-9-11-29-12-10-25/h3-8,13-14H,9-12,15H2,1-2H3. The smallest absolute Gasteiger partial charge is 0.270 e. The van der Waals surface area contributed by atoms with Gasteiger partial charge in [-0.05, 0) is 60.9 Å². The largest absolute Gasteiger partial charge is 0.484 e. The molecular formula is C24H24N2O4S2. The number of carbonyl (C=O) groups excluding carboxylic acids is 2. The number of carbonyl (C=O) groups is 2. The van der Waals surface area contributed by atoms with Gasteiger partial charge in [-0.1, -0.05) is 42.2 Å². The minimum atomic E-state index is -0.125. The Bertz CT molecular complexity index is 1080. The van der Waals surface area contributed by atoms with Crippen LogP contribution in [-0.4, -0.2) is 53.9 Å². The van der Waals surface area contributed by atoms with Gasteiger partial charge in [-0.2, -0.15) is 0 Å². The summed E-state index contributed by atoms with van der Waals surface area (Å²) in [5.41, 5.74) is 3.93. The van der Waals surface area contributed by atoms with Crippen LogP contribution in [0, 0.1) is 13.8 Å². The molecule has 2 saturated heterocycles. The van der Waals surface area contributed by atoms with E-state index in [4.69, 9.17) is 21.7 Å².